The fraction of sp³-hybridized carbons (Fsp3) is 0.857. The summed E-state index contributed by atoms with van der Waals surface area (Å²) in [6.07, 6.45) is 0. The highest BCUT2D eigenvalue weighted by atomic mass is 35.5. The molecule has 0 aliphatic rings. The Bertz CT molecular complexity index is 115. The largest absolute Gasteiger partial charge is 0.372 e. The molecule has 0 radical (unpaired) electrons. The molecule has 0 saturated carbocycles. The molecule has 10 heavy (non-hydrogen) atoms. The van der Waals surface area contributed by atoms with Gasteiger partial charge in [-0.2, -0.15) is 0 Å². The Morgan fingerprint density at radius 1 is 1.50 bits per heavy atom. The first-order chi connectivity index (χ1) is 4.42. The summed E-state index contributed by atoms with van der Waals surface area (Å²) < 4.78 is 4.98. The fourth-order valence-electron chi connectivity index (χ4n) is 0.437. The van der Waals surface area contributed by atoms with Gasteiger partial charge in [0.25, 0.3) is 0 Å². The van der Waals surface area contributed by atoms with Crippen LogP contribution in [0.3, 0.4) is 0 Å². The molecule has 60 valence electrons. The predicted molar refractivity (Wildman–Crippen MR) is 41.1 cm³/mol. The summed E-state index contributed by atoms with van der Waals surface area (Å²) >= 11 is 5.04. The Labute approximate surface area is 66.5 Å². The van der Waals surface area contributed by atoms with Crippen molar-refractivity contribution in [2.24, 2.45) is 5.41 Å². The zero-order valence-electron chi connectivity index (χ0n) is 6.61. The molecule has 0 N–H and O–H groups in total. The zero-order chi connectivity index (χ0) is 8.20. The van der Waals surface area contributed by atoms with E-state index < -0.39 is 5.24 Å². The maximum atomic E-state index is 10.2. The number of halogens is 1. The van der Waals surface area contributed by atoms with Crippen LogP contribution in [-0.4, -0.2) is 18.5 Å². The lowest BCUT2D eigenvalue weighted by Gasteiger charge is -2.16. The highest BCUT2D eigenvalue weighted by molar-refractivity contribution is 6.63. The van der Waals surface area contributed by atoms with E-state index in [1.807, 2.05) is 20.8 Å². The van der Waals surface area contributed by atoms with Crippen LogP contribution in [0.4, 0.5) is 0 Å². The van der Waals surface area contributed by atoms with Crippen molar-refractivity contribution in [3.63, 3.8) is 0 Å². The SMILES string of the molecule is CC(C)(C)COCC(=O)Cl. The van der Waals surface area contributed by atoms with E-state index in [2.05, 4.69) is 0 Å². The summed E-state index contributed by atoms with van der Waals surface area (Å²) in [6, 6.07) is 0. The summed E-state index contributed by atoms with van der Waals surface area (Å²) in [4.78, 5) is 10.2. The number of carbonyl (C=O) groups is 1. The van der Waals surface area contributed by atoms with Crippen LogP contribution in [0.1, 0.15) is 20.8 Å². The molecule has 0 rings (SSSR count). The molecule has 0 spiro atoms. The molecular weight excluding hydrogens is 152 g/mol. The van der Waals surface area contributed by atoms with Gasteiger partial charge >= 0.3 is 0 Å². The summed E-state index contributed by atoms with van der Waals surface area (Å²) in [5.41, 5.74) is 0.104. The van der Waals surface area contributed by atoms with Crippen LogP contribution in [0.15, 0.2) is 0 Å². The number of rotatable bonds is 3. The summed E-state index contributed by atoms with van der Waals surface area (Å²) in [5.74, 6) is 0. The minimum absolute atomic E-state index is 0.0127. The van der Waals surface area contributed by atoms with Gasteiger partial charge in [0.05, 0.1) is 6.61 Å². The van der Waals surface area contributed by atoms with Crippen LogP contribution in [0.25, 0.3) is 0 Å². The first-order valence-electron chi connectivity index (χ1n) is 3.18. The van der Waals surface area contributed by atoms with E-state index in [9.17, 15) is 4.79 Å². The first-order valence-corrected chi connectivity index (χ1v) is 3.56. The number of carbonyl (C=O) groups excluding carboxylic acids is 1. The Morgan fingerprint density at radius 2 is 2.00 bits per heavy atom. The maximum Gasteiger partial charge on any atom is 0.247 e. The van der Waals surface area contributed by atoms with E-state index in [0.29, 0.717) is 6.61 Å². The van der Waals surface area contributed by atoms with Crippen LogP contribution in [0.2, 0.25) is 0 Å². The monoisotopic (exact) mass is 164 g/mol. The maximum absolute atomic E-state index is 10.2. The number of hydrogen-bond donors (Lipinski definition) is 0. The number of ether oxygens (including phenoxy) is 1. The number of hydrogen-bond acceptors (Lipinski definition) is 2. The quantitative estimate of drug-likeness (QED) is 0.595. The van der Waals surface area contributed by atoms with Gasteiger partial charge in [0.1, 0.15) is 6.61 Å². The van der Waals surface area contributed by atoms with Crippen LogP contribution in [0, 0.1) is 5.41 Å². The van der Waals surface area contributed by atoms with E-state index in [4.69, 9.17) is 16.3 Å². The molecule has 0 unspecified atom stereocenters. The van der Waals surface area contributed by atoms with Gasteiger partial charge in [0.15, 0.2) is 0 Å². The second-order valence-electron chi connectivity index (χ2n) is 3.41. The normalized spacial score (nSPS) is 11.6. The topological polar surface area (TPSA) is 26.3 Å². The van der Waals surface area contributed by atoms with Gasteiger partial charge in [0, 0.05) is 0 Å². The molecule has 0 aromatic rings. The molecule has 0 aliphatic carbocycles. The molecule has 0 aromatic carbocycles. The van der Waals surface area contributed by atoms with Crippen molar-refractivity contribution in [1.29, 1.82) is 0 Å². The molecule has 0 saturated heterocycles. The lowest BCUT2D eigenvalue weighted by atomic mass is 9.99. The molecule has 0 bridgehead atoms. The van der Waals surface area contributed by atoms with Gasteiger partial charge in [-0.1, -0.05) is 20.8 Å². The molecular formula is C7H13ClO2. The van der Waals surface area contributed by atoms with E-state index in [1.165, 1.54) is 0 Å². The lowest BCUT2D eigenvalue weighted by molar-refractivity contribution is -0.116. The molecule has 0 atom stereocenters. The third-order valence-corrected chi connectivity index (χ3v) is 0.860. The highest BCUT2D eigenvalue weighted by Crippen LogP contribution is 2.12. The van der Waals surface area contributed by atoms with Crippen molar-refractivity contribution in [1.82, 2.24) is 0 Å². The summed E-state index contributed by atoms with van der Waals surface area (Å²) in [5, 5.41) is -0.441. The van der Waals surface area contributed by atoms with E-state index in [0.717, 1.165) is 0 Å². The van der Waals surface area contributed by atoms with Gasteiger partial charge in [-0.3, -0.25) is 4.79 Å². The van der Waals surface area contributed by atoms with Crippen molar-refractivity contribution in [3.05, 3.63) is 0 Å². The van der Waals surface area contributed by atoms with Crippen LogP contribution < -0.4 is 0 Å². The summed E-state index contributed by atoms with van der Waals surface area (Å²) in [7, 11) is 0. The van der Waals surface area contributed by atoms with Crippen molar-refractivity contribution in [2.45, 2.75) is 20.8 Å². The van der Waals surface area contributed by atoms with Gasteiger partial charge in [-0.05, 0) is 17.0 Å². The molecule has 2 nitrogen and oxygen atoms in total. The van der Waals surface area contributed by atoms with Gasteiger partial charge in [-0.15, -0.1) is 0 Å². The average Bonchev–Trinajstić information content (AvgIpc) is 1.59. The van der Waals surface area contributed by atoms with Crippen molar-refractivity contribution >= 4 is 16.8 Å². The molecule has 0 fully saturated rings. The summed E-state index contributed by atoms with van der Waals surface area (Å²) in [6.45, 7) is 6.67. The molecule has 0 aliphatic heterocycles. The van der Waals surface area contributed by atoms with Crippen LogP contribution in [-0.2, 0) is 9.53 Å². The molecule has 0 amide bonds. The van der Waals surface area contributed by atoms with Gasteiger partial charge < -0.3 is 4.74 Å². The van der Waals surface area contributed by atoms with E-state index >= 15 is 0 Å². The smallest absolute Gasteiger partial charge is 0.247 e. The Hall–Kier alpha value is -0.0800. The van der Waals surface area contributed by atoms with E-state index in [1.54, 1.807) is 0 Å². The van der Waals surface area contributed by atoms with Crippen LogP contribution >= 0.6 is 11.6 Å². The Morgan fingerprint density at radius 3 is 2.30 bits per heavy atom. The first kappa shape index (κ1) is 9.92. The lowest BCUT2D eigenvalue weighted by Crippen LogP contribution is -2.16. The third kappa shape index (κ3) is 7.92. The fourth-order valence-corrected chi connectivity index (χ4v) is 0.515. The second kappa shape index (κ2) is 3.94. The standard InChI is InChI=1S/C7H13ClO2/c1-7(2,3)5-10-4-6(8)9/h4-5H2,1-3H3. The predicted octanol–water partition coefficient (Wildman–Crippen LogP) is 1.81. The van der Waals surface area contributed by atoms with Gasteiger partial charge in [0.2, 0.25) is 5.24 Å². The minimum atomic E-state index is -0.441. The molecule has 0 aromatic heterocycles. The molecule has 0 heterocycles. The average molecular weight is 165 g/mol. The molecule has 3 heteroatoms. The van der Waals surface area contributed by atoms with Crippen molar-refractivity contribution < 1.29 is 9.53 Å². The second-order valence-corrected chi connectivity index (χ2v) is 3.83. The Balaban J connectivity index is 3.29. The Kier molecular flexibility index (Phi) is 3.91. The van der Waals surface area contributed by atoms with E-state index in [-0.39, 0.29) is 12.0 Å². The minimum Gasteiger partial charge on any atom is -0.372 e. The van der Waals surface area contributed by atoms with Crippen molar-refractivity contribution in [3.8, 4) is 0 Å². The zero-order valence-corrected chi connectivity index (χ0v) is 7.36. The third-order valence-electron chi connectivity index (χ3n) is 0.751. The highest BCUT2D eigenvalue weighted by Gasteiger charge is 2.10. The van der Waals surface area contributed by atoms with Crippen LogP contribution in [0.5, 0.6) is 0 Å². The van der Waals surface area contributed by atoms with Crippen molar-refractivity contribution in [2.75, 3.05) is 13.2 Å². The van der Waals surface area contributed by atoms with Gasteiger partial charge in [-0.25, -0.2) is 0 Å².